The molecule has 1 rings (SSSR count). The first kappa shape index (κ1) is 14.8. The lowest BCUT2D eigenvalue weighted by atomic mass is 9.93. The van der Waals surface area contributed by atoms with Gasteiger partial charge in [0.25, 0.3) is 0 Å². The number of aromatic carboxylic acids is 1. The molecular formula is C16H20O8. The zero-order valence-electron chi connectivity index (χ0n) is 16.5. The van der Waals surface area contributed by atoms with Gasteiger partial charge in [0.05, 0.1) is 37.0 Å². The molecule has 0 atom stereocenters. The van der Waals surface area contributed by atoms with E-state index in [1.807, 2.05) is 0 Å². The molecule has 0 aromatic heterocycles. The van der Waals surface area contributed by atoms with Crippen molar-refractivity contribution in [2.24, 2.45) is 0 Å². The van der Waals surface area contributed by atoms with E-state index in [9.17, 15) is 19.5 Å². The number of ether oxygens (including phenoxy) is 4. The van der Waals surface area contributed by atoms with E-state index < -0.39 is 36.4 Å². The number of benzene rings is 1. The molecule has 0 spiro atoms. The zero-order valence-corrected chi connectivity index (χ0v) is 13.5. The van der Waals surface area contributed by atoms with Gasteiger partial charge in [-0.05, 0) is 31.5 Å². The quantitative estimate of drug-likeness (QED) is 0.560. The summed E-state index contributed by atoms with van der Waals surface area (Å²) in [4.78, 5) is 36.2. The molecule has 1 aromatic carbocycles. The minimum Gasteiger partial charge on any atom is -0.493 e. The molecule has 8 heteroatoms. The van der Waals surface area contributed by atoms with Crippen LogP contribution in [-0.4, -0.2) is 50.4 Å². The van der Waals surface area contributed by atoms with E-state index in [1.54, 1.807) is 0 Å². The Morgan fingerprint density at radius 1 is 1.08 bits per heavy atom. The minimum absolute atomic E-state index is 0.0636. The molecule has 0 unspecified atom stereocenters. The highest BCUT2D eigenvalue weighted by Crippen LogP contribution is 2.35. The van der Waals surface area contributed by atoms with Gasteiger partial charge >= 0.3 is 17.9 Å². The van der Waals surface area contributed by atoms with Gasteiger partial charge in [0.1, 0.15) is 0 Å². The number of hydrogen-bond donors (Lipinski definition) is 1. The molecule has 0 aliphatic carbocycles. The van der Waals surface area contributed by atoms with Crippen LogP contribution < -0.4 is 9.47 Å². The predicted octanol–water partition coefficient (Wildman–Crippen LogP) is 1.61. The molecule has 1 N–H and O–H groups in total. The third-order valence-corrected chi connectivity index (χ3v) is 3.03. The van der Waals surface area contributed by atoms with Gasteiger partial charge in [-0.25, -0.2) is 4.79 Å². The second-order valence-corrected chi connectivity index (χ2v) is 4.43. The molecule has 0 saturated carbocycles. The number of carbonyl (C=O) groups excluding carboxylic acids is 2. The molecule has 0 heterocycles. The molecule has 0 saturated heterocycles. The van der Waals surface area contributed by atoms with E-state index in [0.29, 0.717) is 0 Å². The Morgan fingerprint density at radius 2 is 1.62 bits per heavy atom. The summed E-state index contributed by atoms with van der Waals surface area (Å²) >= 11 is 0. The van der Waals surface area contributed by atoms with Gasteiger partial charge in [-0.3, -0.25) is 9.59 Å². The van der Waals surface area contributed by atoms with Crippen LogP contribution >= 0.6 is 0 Å². The van der Waals surface area contributed by atoms with E-state index in [4.69, 9.17) is 23.1 Å². The molecule has 0 aliphatic heterocycles. The van der Waals surface area contributed by atoms with Crippen molar-refractivity contribution >= 4 is 17.9 Å². The van der Waals surface area contributed by atoms with Crippen LogP contribution in [0.4, 0.5) is 0 Å². The third kappa shape index (κ3) is 4.15. The van der Waals surface area contributed by atoms with Gasteiger partial charge in [0, 0.05) is 0 Å². The monoisotopic (exact) mass is 343 g/mol. The van der Waals surface area contributed by atoms with E-state index in [1.165, 1.54) is 21.0 Å². The van der Waals surface area contributed by atoms with Gasteiger partial charge in [-0.15, -0.1) is 0 Å². The highest BCUT2D eigenvalue weighted by Gasteiger charge is 2.36. The number of methoxy groups -OCH3 is 2. The second-order valence-electron chi connectivity index (χ2n) is 4.43. The fraction of sp³-hybridized carbons (Fsp3) is 0.438. The summed E-state index contributed by atoms with van der Waals surface area (Å²) in [6.07, 6.45) is 0. The maximum absolute atomic E-state index is 12.3. The highest BCUT2D eigenvalue weighted by atomic mass is 16.6. The van der Waals surface area contributed by atoms with E-state index in [2.05, 4.69) is 0 Å². The van der Waals surface area contributed by atoms with Gasteiger partial charge in [-0.2, -0.15) is 0 Å². The number of rotatable bonds is 8. The van der Waals surface area contributed by atoms with E-state index >= 15 is 0 Å². The predicted molar refractivity (Wildman–Crippen MR) is 82.5 cm³/mol. The average Bonchev–Trinajstić information content (AvgIpc) is 2.54. The molecule has 132 valence electrons. The van der Waals surface area contributed by atoms with Crippen molar-refractivity contribution in [2.75, 3.05) is 27.4 Å². The van der Waals surface area contributed by atoms with Crippen molar-refractivity contribution < 1.29 is 42.5 Å². The van der Waals surface area contributed by atoms with Crippen molar-refractivity contribution in [1.82, 2.24) is 0 Å². The molecule has 1 aromatic rings. The summed E-state index contributed by atoms with van der Waals surface area (Å²) in [5, 5.41) is 9.47. The fourth-order valence-electron chi connectivity index (χ4n) is 2.04. The van der Waals surface area contributed by atoms with Crippen LogP contribution in [0.2, 0.25) is 0 Å². The largest absolute Gasteiger partial charge is 0.493 e. The Morgan fingerprint density at radius 3 is 2.04 bits per heavy atom. The third-order valence-electron chi connectivity index (χ3n) is 3.03. The molecule has 0 radical (unpaired) electrons. The second kappa shape index (κ2) is 8.76. The fourth-order valence-corrected chi connectivity index (χ4v) is 2.04. The van der Waals surface area contributed by atoms with Crippen LogP contribution in [0.1, 0.15) is 39.8 Å². The molecule has 24 heavy (non-hydrogen) atoms. The normalized spacial score (nSPS) is 12.6. The van der Waals surface area contributed by atoms with Crippen molar-refractivity contribution in [3.8, 4) is 11.5 Å². The Kier molecular flexibility index (Phi) is 5.40. The summed E-state index contributed by atoms with van der Waals surface area (Å²) < 4.78 is 41.1. The van der Waals surface area contributed by atoms with Gasteiger partial charge < -0.3 is 24.1 Å². The molecule has 0 aliphatic rings. The number of esters is 2. The molecule has 0 amide bonds. The number of hydrogen-bond acceptors (Lipinski definition) is 7. The van der Waals surface area contributed by atoms with Gasteiger partial charge in [0.2, 0.25) is 0 Å². The van der Waals surface area contributed by atoms with Crippen LogP contribution in [0.5, 0.6) is 11.5 Å². The van der Waals surface area contributed by atoms with Crippen LogP contribution in [0.3, 0.4) is 0 Å². The van der Waals surface area contributed by atoms with Crippen LogP contribution in [0.25, 0.3) is 0 Å². The maximum Gasteiger partial charge on any atom is 0.336 e. The van der Waals surface area contributed by atoms with Crippen LogP contribution in [-0.2, 0) is 19.1 Å². The number of carboxylic acids is 1. The Labute approximate surface area is 143 Å². The summed E-state index contributed by atoms with van der Waals surface area (Å²) in [5.41, 5.74) is -0.796. The first-order valence-electron chi connectivity index (χ1n) is 8.53. The zero-order chi connectivity index (χ0) is 20.8. The van der Waals surface area contributed by atoms with Crippen LogP contribution in [0, 0.1) is 0 Å². The lowest BCUT2D eigenvalue weighted by molar-refractivity contribution is -0.156. The first-order valence-corrected chi connectivity index (χ1v) is 7.03. The van der Waals surface area contributed by atoms with E-state index in [0.717, 1.165) is 12.1 Å². The number of carbonyl (C=O) groups is 3. The molecule has 8 nitrogen and oxygen atoms in total. The minimum atomic E-state index is -2.88. The van der Waals surface area contributed by atoms with Crippen molar-refractivity contribution in [1.29, 1.82) is 0 Å². The maximum atomic E-state index is 12.3. The van der Waals surface area contributed by atoms with Crippen molar-refractivity contribution in [3.63, 3.8) is 0 Å². The summed E-state index contributed by atoms with van der Waals surface area (Å²) in [6, 6.07) is 1.91. The lowest BCUT2D eigenvalue weighted by Gasteiger charge is -2.18. The van der Waals surface area contributed by atoms with Crippen molar-refractivity contribution in [2.45, 2.75) is 19.8 Å². The highest BCUT2D eigenvalue weighted by molar-refractivity contribution is 6.04. The summed E-state index contributed by atoms with van der Waals surface area (Å²) in [7, 11) is -1.69. The average molecular weight is 343 g/mol. The van der Waals surface area contributed by atoms with Gasteiger partial charge in [-0.1, -0.05) is 0 Å². The summed E-state index contributed by atoms with van der Waals surface area (Å²) in [5.74, 6) is -5.84. The Balaban J connectivity index is 3.66. The first-order chi connectivity index (χ1) is 12.6. The Bertz CT molecular complexity index is 696. The topological polar surface area (TPSA) is 108 Å². The Hall–Kier alpha value is -2.77. The smallest absolute Gasteiger partial charge is 0.336 e. The molecule has 0 bridgehead atoms. The van der Waals surface area contributed by atoms with Crippen LogP contribution in [0.15, 0.2) is 12.1 Å². The standard InChI is InChI=1S/C16H20O8/c1-5-23-15(19)13(16(20)24-6-2)9-7-11(21-3)12(22-4)8-10(9)14(17)18/h7-8,13H,5-6H2,1-4H3,(H,17,18)/i3D3. The van der Waals surface area contributed by atoms with E-state index in [-0.39, 0.29) is 30.3 Å². The van der Waals surface area contributed by atoms with Gasteiger partial charge in [0.15, 0.2) is 17.4 Å². The van der Waals surface area contributed by atoms with Crippen molar-refractivity contribution in [3.05, 3.63) is 23.3 Å². The molecule has 0 fully saturated rings. The lowest BCUT2D eigenvalue weighted by Crippen LogP contribution is -2.28. The summed E-state index contributed by atoms with van der Waals surface area (Å²) in [6.45, 7) is 2.89. The number of carboxylic acid groups (broad SMARTS) is 1. The SMILES string of the molecule is [2H]C([2H])([2H])Oc1cc(C(C(=O)OCC)C(=O)OCC)c(C(=O)O)cc1OC. The molecular weight excluding hydrogens is 320 g/mol.